The quantitative estimate of drug-likeness (QED) is 0.785. The van der Waals surface area contributed by atoms with Crippen LogP contribution in [-0.2, 0) is 4.79 Å². The third-order valence-corrected chi connectivity index (χ3v) is 3.80. The summed E-state index contributed by atoms with van der Waals surface area (Å²) in [6.07, 6.45) is 2.53. The van der Waals surface area contributed by atoms with Gasteiger partial charge in [0, 0.05) is 5.69 Å². The molecule has 0 spiro atoms. The number of thioether (sulfide) groups is 1. The van der Waals surface area contributed by atoms with E-state index >= 15 is 0 Å². The van der Waals surface area contributed by atoms with Gasteiger partial charge in [0.1, 0.15) is 17.8 Å². The first-order valence-electron chi connectivity index (χ1n) is 6.53. The van der Waals surface area contributed by atoms with Crippen molar-refractivity contribution in [3.05, 3.63) is 24.5 Å². The van der Waals surface area contributed by atoms with Crippen LogP contribution in [0.5, 0.6) is 5.75 Å². The van der Waals surface area contributed by atoms with E-state index in [-0.39, 0.29) is 5.91 Å². The molecule has 0 saturated carbocycles. The average molecular weight is 307 g/mol. The first-order valence-corrected chi connectivity index (χ1v) is 7.69. The van der Waals surface area contributed by atoms with Gasteiger partial charge in [0.15, 0.2) is 0 Å². The SMILES string of the molecule is CCCSCC(=O)Nc1ccc(OC)c(-n2cnnn2)c1. The Morgan fingerprint density at radius 2 is 2.33 bits per heavy atom. The number of amides is 1. The van der Waals surface area contributed by atoms with Crippen LogP contribution in [0.4, 0.5) is 5.69 Å². The molecule has 0 aliphatic carbocycles. The van der Waals surface area contributed by atoms with Crippen molar-refractivity contribution in [2.45, 2.75) is 13.3 Å². The fourth-order valence-corrected chi connectivity index (χ4v) is 2.42. The molecule has 0 fully saturated rings. The molecule has 1 N–H and O–H groups in total. The Morgan fingerprint density at radius 3 is 3.00 bits per heavy atom. The van der Waals surface area contributed by atoms with Gasteiger partial charge in [0.2, 0.25) is 5.91 Å². The molecular formula is C13H17N5O2S. The van der Waals surface area contributed by atoms with Crippen LogP contribution in [0, 0.1) is 0 Å². The maximum atomic E-state index is 11.8. The van der Waals surface area contributed by atoms with Crippen molar-refractivity contribution in [1.82, 2.24) is 20.2 Å². The summed E-state index contributed by atoms with van der Waals surface area (Å²) in [7, 11) is 1.57. The summed E-state index contributed by atoms with van der Waals surface area (Å²) in [5.74, 6) is 2.02. The zero-order valence-corrected chi connectivity index (χ0v) is 12.8. The predicted octanol–water partition coefficient (Wildman–Crippen LogP) is 1.75. The average Bonchev–Trinajstić information content (AvgIpc) is 3.01. The second kappa shape index (κ2) is 7.63. The number of nitrogens with zero attached hydrogens (tertiary/aromatic N) is 4. The number of methoxy groups -OCH3 is 1. The molecule has 8 heteroatoms. The normalized spacial score (nSPS) is 10.4. The van der Waals surface area contributed by atoms with E-state index in [4.69, 9.17) is 4.74 Å². The number of rotatable bonds is 7. The molecule has 0 radical (unpaired) electrons. The highest BCUT2D eigenvalue weighted by atomic mass is 32.2. The van der Waals surface area contributed by atoms with E-state index < -0.39 is 0 Å². The van der Waals surface area contributed by atoms with Gasteiger partial charge in [0.05, 0.1) is 12.9 Å². The number of aromatic nitrogens is 4. The number of hydrogen-bond acceptors (Lipinski definition) is 6. The van der Waals surface area contributed by atoms with E-state index in [0.717, 1.165) is 12.2 Å². The van der Waals surface area contributed by atoms with Crippen LogP contribution in [0.3, 0.4) is 0 Å². The Balaban J connectivity index is 2.11. The standard InChI is InChI=1S/C13H17N5O2S/c1-3-6-21-8-13(19)15-10-4-5-12(20-2)11(7-10)18-9-14-16-17-18/h4-5,7,9H,3,6,8H2,1-2H3,(H,15,19). The highest BCUT2D eigenvalue weighted by molar-refractivity contribution is 7.99. The maximum absolute atomic E-state index is 11.8. The van der Waals surface area contributed by atoms with Crippen LogP contribution in [0.1, 0.15) is 13.3 Å². The molecule has 0 aliphatic heterocycles. The molecular weight excluding hydrogens is 290 g/mol. The number of hydrogen-bond donors (Lipinski definition) is 1. The number of nitrogens with one attached hydrogen (secondary N) is 1. The van der Waals surface area contributed by atoms with E-state index in [1.165, 1.54) is 11.0 Å². The fourth-order valence-electron chi connectivity index (χ4n) is 1.72. The predicted molar refractivity (Wildman–Crippen MR) is 82.0 cm³/mol. The summed E-state index contributed by atoms with van der Waals surface area (Å²) in [6, 6.07) is 5.33. The summed E-state index contributed by atoms with van der Waals surface area (Å²) >= 11 is 1.62. The van der Waals surface area contributed by atoms with E-state index in [2.05, 4.69) is 27.8 Å². The lowest BCUT2D eigenvalue weighted by molar-refractivity contribution is -0.113. The highest BCUT2D eigenvalue weighted by Gasteiger charge is 2.10. The highest BCUT2D eigenvalue weighted by Crippen LogP contribution is 2.25. The fraction of sp³-hybridized carbons (Fsp3) is 0.385. The van der Waals surface area contributed by atoms with Crippen LogP contribution >= 0.6 is 11.8 Å². The van der Waals surface area contributed by atoms with Gasteiger partial charge in [-0.2, -0.15) is 16.4 Å². The van der Waals surface area contributed by atoms with Gasteiger partial charge in [-0.1, -0.05) is 6.92 Å². The topological polar surface area (TPSA) is 81.9 Å². The lowest BCUT2D eigenvalue weighted by atomic mass is 10.2. The van der Waals surface area contributed by atoms with Gasteiger partial charge in [-0.3, -0.25) is 4.79 Å². The maximum Gasteiger partial charge on any atom is 0.234 e. The summed E-state index contributed by atoms with van der Waals surface area (Å²) in [6.45, 7) is 2.09. The monoisotopic (exact) mass is 307 g/mol. The van der Waals surface area contributed by atoms with Crippen molar-refractivity contribution in [3.8, 4) is 11.4 Å². The van der Waals surface area contributed by atoms with E-state index in [1.807, 2.05) is 0 Å². The second-order valence-corrected chi connectivity index (χ2v) is 5.35. The molecule has 7 nitrogen and oxygen atoms in total. The molecule has 1 aromatic carbocycles. The molecule has 112 valence electrons. The van der Waals surface area contributed by atoms with E-state index in [1.54, 1.807) is 37.1 Å². The minimum Gasteiger partial charge on any atom is -0.494 e. The number of benzene rings is 1. The van der Waals surface area contributed by atoms with E-state index in [0.29, 0.717) is 22.9 Å². The van der Waals surface area contributed by atoms with Gasteiger partial charge < -0.3 is 10.1 Å². The Kier molecular flexibility index (Phi) is 5.56. The molecule has 0 saturated heterocycles. The molecule has 0 bridgehead atoms. The van der Waals surface area contributed by atoms with Crippen molar-refractivity contribution in [1.29, 1.82) is 0 Å². The summed E-state index contributed by atoms with van der Waals surface area (Å²) in [5, 5.41) is 13.9. The van der Waals surface area contributed by atoms with Crippen LogP contribution in [0.2, 0.25) is 0 Å². The van der Waals surface area contributed by atoms with Gasteiger partial charge in [0.25, 0.3) is 0 Å². The number of tetrazole rings is 1. The molecule has 1 aromatic heterocycles. The first-order chi connectivity index (χ1) is 10.2. The molecule has 21 heavy (non-hydrogen) atoms. The zero-order chi connectivity index (χ0) is 15.1. The smallest absolute Gasteiger partial charge is 0.234 e. The largest absolute Gasteiger partial charge is 0.494 e. The van der Waals surface area contributed by atoms with Crippen molar-refractivity contribution >= 4 is 23.4 Å². The number of carbonyl (C=O) groups excluding carboxylic acids is 1. The second-order valence-electron chi connectivity index (χ2n) is 4.24. The lowest BCUT2D eigenvalue weighted by Crippen LogP contribution is -2.14. The Labute approximate surface area is 127 Å². The van der Waals surface area contributed by atoms with Crippen LogP contribution < -0.4 is 10.1 Å². The van der Waals surface area contributed by atoms with E-state index in [9.17, 15) is 4.79 Å². The van der Waals surface area contributed by atoms with Gasteiger partial charge >= 0.3 is 0 Å². The summed E-state index contributed by atoms with van der Waals surface area (Å²) in [4.78, 5) is 11.8. The lowest BCUT2D eigenvalue weighted by Gasteiger charge is -2.10. The zero-order valence-electron chi connectivity index (χ0n) is 11.9. The van der Waals surface area contributed by atoms with Crippen LogP contribution in [0.15, 0.2) is 24.5 Å². The van der Waals surface area contributed by atoms with Crippen molar-refractivity contribution in [2.24, 2.45) is 0 Å². The van der Waals surface area contributed by atoms with Crippen LogP contribution in [0.25, 0.3) is 5.69 Å². The van der Waals surface area contributed by atoms with Crippen molar-refractivity contribution in [3.63, 3.8) is 0 Å². The van der Waals surface area contributed by atoms with Gasteiger partial charge in [-0.15, -0.1) is 5.10 Å². The Morgan fingerprint density at radius 1 is 1.48 bits per heavy atom. The first kappa shape index (κ1) is 15.3. The Hall–Kier alpha value is -2.09. The summed E-state index contributed by atoms with van der Waals surface area (Å²) in [5.41, 5.74) is 1.35. The third-order valence-electron chi connectivity index (χ3n) is 2.64. The van der Waals surface area contributed by atoms with Crippen molar-refractivity contribution < 1.29 is 9.53 Å². The van der Waals surface area contributed by atoms with Gasteiger partial charge in [-0.25, -0.2) is 0 Å². The molecule has 1 amide bonds. The van der Waals surface area contributed by atoms with Gasteiger partial charge in [-0.05, 0) is 40.8 Å². The number of anilines is 1. The number of carbonyl (C=O) groups is 1. The molecule has 1 heterocycles. The third kappa shape index (κ3) is 4.19. The van der Waals surface area contributed by atoms with Crippen molar-refractivity contribution in [2.75, 3.05) is 23.9 Å². The van der Waals surface area contributed by atoms with Crippen LogP contribution in [-0.4, -0.2) is 44.7 Å². The minimum absolute atomic E-state index is 0.0266. The molecule has 2 aromatic rings. The number of ether oxygens (including phenoxy) is 1. The molecule has 2 rings (SSSR count). The Bertz CT molecular complexity index is 588. The molecule has 0 unspecified atom stereocenters. The molecule has 0 atom stereocenters. The summed E-state index contributed by atoms with van der Waals surface area (Å²) < 4.78 is 6.76. The molecule has 0 aliphatic rings. The minimum atomic E-state index is -0.0266.